The molecule has 5 nitrogen and oxygen atoms in total. The standard InChI is InChI=1S/C46H29NOS.C46H29NS2.C40H25NOS/c1-2-11-36-31(9-1)10-7-16-42(36)47(34-24-19-30(20-25-34)33-23-28-45-41(29-33)39-13-4-6-18-44(39)49-45)35-26-21-32(22-27-35)37-14-8-15-40-38-12-3-5-17-43(38)48-46(37)40;1-2-11-30(12-3-1)31-21-24-33(25-22-31)47(42-18-10-17-39-37-15-6-9-20-44(37)49-46(39)42)41-27-26-34(35-13-4-5-14-36(35)41)32-23-28-45-40(29-32)38-16-7-8-19-43(38)48-45;1-2-11-27(12-3-1)41(36-18-10-17-33-31-15-6-8-19-37(31)42-40(33)36)35-23-22-28(29-13-4-5-14-30(29)35)26-21-24-39-34(25-26)32-16-7-9-20-38(32)43-39/h2*1-29H;1-25H. The molecule has 23 aromatic carbocycles. The van der Waals surface area contributed by atoms with E-state index in [1.807, 2.05) is 69.6 Å². The summed E-state index contributed by atoms with van der Waals surface area (Å²) in [5, 5.41) is 22.3. The maximum atomic E-state index is 6.54. The second-order valence-electron chi connectivity index (χ2n) is 35.9. The summed E-state index contributed by atoms with van der Waals surface area (Å²) < 4.78 is 23.5. The third kappa shape index (κ3) is 14.7. The molecule has 6 aromatic heterocycles. The molecule has 0 bridgehead atoms. The van der Waals surface area contributed by atoms with E-state index >= 15 is 0 Å². The predicted molar refractivity (Wildman–Crippen MR) is 609 cm³/mol. The quantitative estimate of drug-likeness (QED) is 0.108. The van der Waals surface area contributed by atoms with Crippen LogP contribution in [0.4, 0.5) is 51.2 Å². The van der Waals surface area contributed by atoms with E-state index in [2.05, 4.69) is 494 Å². The summed E-state index contributed by atoms with van der Waals surface area (Å²) >= 11 is 7.45. The topological polar surface area (TPSA) is 36.0 Å². The molecule has 0 aliphatic rings. The number of nitrogens with zero attached hydrogens (tertiary/aromatic N) is 3. The lowest BCUT2D eigenvalue weighted by Gasteiger charge is -2.28. The van der Waals surface area contributed by atoms with Crippen LogP contribution in [-0.4, -0.2) is 0 Å². The number of rotatable bonds is 14. The second kappa shape index (κ2) is 35.1. The Kier molecular flexibility index (Phi) is 20.7. The Morgan fingerprint density at radius 1 is 0.149 bits per heavy atom. The number of thiophene rings is 4. The molecule has 141 heavy (non-hydrogen) atoms. The van der Waals surface area contributed by atoms with Crippen LogP contribution in [0.2, 0.25) is 0 Å². The van der Waals surface area contributed by atoms with Gasteiger partial charge in [-0.15, -0.1) is 45.3 Å². The molecule has 0 unspecified atom stereocenters. The second-order valence-corrected chi connectivity index (χ2v) is 40.2. The molecule has 0 radical (unpaired) electrons. The minimum Gasteiger partial charge on any atom is -0.455 e. The summed E-state index contributed by atoms with van der Waals surface area (Å²) in [7, 11) is 0. The zero-order valence-electron chi connectivity index (χ0n) is 76.2. The Morgan fingerprint density at radius 2 is 0.475 bits per heavy atom. The lowest BCUT2D eigenvalue weighted by atomic mass is 9.95. The zero-order chi connectivity index (χ0) is 93.0. The van der Waals surface area contributed by atoms with E-state index < -0.39 is 0 Å². The van der Waals surface area contributed by atoms with Gasteiger partial charge in [0.25, 0.3) is 0 Å². The van der Waals surface area contributed by atoms with Crippen molar-refractivity contribution in [3.8, 4) is 55.6 Å². The fourth-order valence-corrected chi connectivity index (χ4v) is 25.7. The van der Waals surface area contributed by atoms with Gasteiger partial charge in [0.2, 0.25) is 0 Å². The molecule has 0 aliphatic heterocycles. The average Bonchev–Trinajstić information content (AvgIpc) is 1.15. The molecule has 0 spiro atoms. The molecule has 662 valence electrons. The molecule has 6 heterocycles. The van der Waals surface area contributed by atoms with Gasteiger partial charge in [0.05, 0.1) is 33.1 Å². The summed E-state index contributed by atoms with van der Waals surface area (Å²) in [6, 6.07) is 182. The first-order chi connectivity index (χ1) is 69.9. The highest BCUT2D eigenvalue weighted by Crippen LogP contribution is 2.53. The van der Waals surface area contributed by atoms with Crippen molar-refractivity contribution in [1.82, 2.24) is 0 Å². The van der Waals surface area contributed by atoms with Crippen LogP contribution in [-0.2, 0) is 0 Å². The van der Waals surface area contributed by atoms with Crippen LogP contribution in [0.15, 0.2) is 512 Å². The van der Waals surface area contributed by atoms with Gasteiger partial charge >= 0.3 is 0 Å². The molecule has 0 N–H and O–H groups in total. The number of fused-ring (bicyclic) bond motifs is 21. The number of benzene rings is 23. The predicted octanol–water partition coefficient (Wildman–Crippen LogP) is 40.5. The van der Waals surface area contributed by atoms with Gasteiger partial charge in [-0.25, -0.2) is 0 Å². The van der Waals surface area contributed by atoms with E-state index in [-0.39, 0.29) is 0 Å². The molecule has 0 fully saturated rings. The Labute approximate surface area is 829 Å². The van der Waals surface area contributed by atoms with Crippen LogP contribution < -0.4 is 14.7 Å². The molecular weight excluding hydrogens is 1790 g/mol. The first kappa shape index (κ1) is 83.1. The zero-order valence-corrected chi connectivity index (χ0v) is 79.5. The van der Waals surface area contributed by atoms with Crippen LogP contribution in [0.5, 0.6) is 0 Å². The van der Waals surface area contributed by atoms with E-state index in [4.69, 9.17) is 8.83 Å². The molecule has 29 rings (SSSR count). The first-order valence-corrected chi connectivity index (χ1v) is 51.0. The Morgan fingerprint density at radius 3 is 1.02 bits per heavy atom. The van der Waals surface area contributed by atoms with Gasteiger partial charge in [-0.05, 0) is 218 Å². The summed E-state index contributed by atoms with van der Waals surface area (Å²) in [5.41, 5.74) is 25.7. The van der Waals surface area contributed by atoms with Gasteiger partial charge in [-0.3, -0.25) is 0 Å². The van der Waals surface area contributed by atoms with Crippen LogP contribution in [0.3, 0.4) is 0 Å². The van der Waals surface area contributed by atoms with Gasteiger partial charge in [0.15, 0.2) is 5.58 Å². The van der Waals surface area contributed by atoms with Crippen LogP contribution >= 0.6 is 45.3 Å². The number of para-hydroxylation sites is 5. The third-order valence-electron chi connectivity index (χ3n) is 27.8. The largest absolute Gasteiger partial charge is 0.455 e. The SMILES string of the molecule is c1ccc(-c2ccc(N(c3ccc(-c4ccc5sc6ccccc6c5c4)c4ccccc34)c3cccc4c3sc3ccccc34)cc2)cc1.c1ccc(N(c2ccc(-c3ccc4sc5ccccc5c4c3)c3ccccc23)c2cccc3c2oc2ccccc23)cc1.c1ccc2c(N(c3ccc(-c4ccc5sc6ccccc6c5c4)cc3)c3ccc(-c4cccc5c4oc4ccccc45)cc3)cccc2c1. The number of furan rings is 2. The summed E-state index contributed by atoms with van der Waals surface area (Å²) in [6.45, 7) is 0. The normalized spacial score (nSPS) is 11.7. The summed E-state index contributed by atoms with van der Waals surface area (Å²) in [5.74, 6) is 0. The highest BCUT2D eigenvalue weighted by Gasteiger charge is 2.27. The highest BCUT2D eigenvalue weighted by atomic mass is 32.1. The van der Waals surface area contributed by atoms with Crippen LogP contribution in [0.25, 0.3) is 213 Å². The number of hydrogen-bond donors (Lipinski definition) is 0. The Hall–Kier alpha value is -17.3. The minimum atomic E-state index is 0.885. The van der Waals surface area contributed by atoms with Crippen molar-refractivity contribution < 1.29 is 8.83 Å². The smallest absolute Gasteiger partial charge is 0.159 e. The molecule has 9 heteroatoms. The van der Waals surface area contributed by atoms with E-state index in [0.29, 0.717) is 0 Å². The number of hydrogen-bond acceptors (Lipinski definition) is 9. The van der Waals surface area contributed by atoms with Crippen molar-refractivity contribution in [2.75, 3.05) is 14.7 Å². The third-order valence-corrected chi connectivity index (χ3v) is 32.5. The summed E-state index contributed by atoms with van der Waals surface area (Å²) in [4.78, 5) is 7.17. The minimum absolute atomic E-state index is 0.885. The number of anilines is 9. The van der Waals surface area contributed by atoms with Crippen molar-refractivity contribution >= 4 is 253 Å². The highest BCUT2D eigenvalue weighted by molar-refractivity contribution is 7.27. The maximum Gasteiger partial charge on any atom is 0.159 e. The lowest BCUT2D eigenvalue weighted by molar-refractivity contribution is 0.669. The van der Waals surface area contributed by atoms with Crippen molar-refractivity contribution in [3.05, 3.63) is 504 Å². The van der Waals surface area contributed by atoms with Crippen molar-refractivity contribution in [2.24, 2.45) is 0 Å². The monoisotopic (exact) mass is 1870 g/mol. The fourth-order valence-electron chi connectivity index (χ4n) is 21.2. The van der Waals surface area contributed by atoms with Gasteiger partial charge in [-0.1, -0.05) is 352 Å². The Bertz CT molecular complexity index is 9920. The molecule has 0 aliphatic carbocycles. The van der Waals surface area contributed by atoms with Gasteiger partial charge in [-0.2, -0.15) is 0 Å². The molecule has 29 aromatic rings. The van der Waals surface area contributed by atoms with Crippen molar-refractivity contribution in [2.45, 2.75) is 0 Å². The van der Waals surface area contributed by atoms with Crippen molar-refractivity contribution in [3.63, 3.8) is 0 Å². The average molecular weight is 1870 g/mol. The molecule has 0 saturated heterocycles. The van der Waals surface area contributed by atoms with Crippen LogP contribution in [0, 0.1) is 0 Å². The molecule has 0 amide bonds. The molecule has 0 saturated carbocycles. The van der Waals surface area contributed by atoms with Gasteiger partial charge < -0.3 is 23.5 Å². The van der Waals surface area contributed by atoms with E-state index in [0.717, 1.165) is 94.8 Å². The molecular formula is C132H83N3O2S4. The van der Waals surface area contributed by atoms with E-state index in [9.17, 15) is 0 Å². The molecule has 0 atom stereocenters. The van der Waals surface area contributed by atoms with Gasteiger partial charge in [0, 0.05) is 142 Å². The van der Waals surface area contributed by atoms with Crippen molar-refractivity contribution in [1.29, 1.82) is 0 Å². The van der Waals surface area contributed by atoms with E-state index in [1.54, 1.807) is 0 Å². The maximum absolute atomic E-state index is 6.54. The summed E-state index contributed by atoms with van der Waals surface area (Å²) in [6.07, 6.45) is 0. The van der Waals surface area contributed by atoms with Gasteiger partial charge in [0.1, 0.15) is 16.7 Å². The van der Waals surface area contributed by atoms with Crippen LogP contribution in [0.1, 0.15) is 0 Å². The lowest BCUT2D eigenvalue weighted by Crippen LogP contribution is -2.10. The Balaban J connectivity index is 0.000000106. The fraction of sp³-hybridized carbons (Fsp3) is 0. The first-order valence-electron chi connectivity index (χ1n) is 47.7. The van der Waals surface area contributed by atoms with E-state index in [1.165, 1.54) is 169 Å².